The maximum atomic E-state index is 12.2. The zero-order valence-electron chi connectivity index (χ0n) is 14.9. The van der Waals surface area contributed by atoms with Gasteiger partial charge in [-0.05, 0) is 49.6 Å². The first-order valence-corrected chi connectivity index (χ1v) is 9.73. The Morgan fingerprint density at radius 1 is 1.00 bits per heavy atom. The molecule has 0 atom stereocenters. The van der Waals surface area contributed by atoms with E-state index in [9.17, 15) is 18.0 Å². The Kier molecular flexibility index (Phi) is 5.00. The Morgan fingerprint density at radius 2 is 1.67 bits per heavy atom. The number of carbonyl (C=O) groups is 1. The van der Waals surface area contributed by atoms with E-state index < -0.39 is 16.1 Å². The molecule has 1 heterocycles. The number of sulfonamides is 1. The highest BCUT2D eigenvalue weighted by atomic mass is 32.2. The molecule has 0 aliphatic rings. The van der Waals surface area contributed by atoms with Gasteiger partial charge in [-0.3, -0.25) is 4.79 Å². The quantitative estimate of drug-likeness (QED) is 0.640. The predicted octanol–water partition coefficient (Wildman–Crippen LogP) is 2.33. The van der Waals surface area contributed by atoms with Gasteiger partial charge in [0.1, 0.15) is 0 Å². The third-order valence-electron chi connectivity index (χ3n) is 4.07. The van der Waals surface area contributed by atoms with Gasteiger partial charge in [-0.15, -0.1) is 0 Å². The lowest BCUT2D eigenvalue weighted by Gasteiger charge is -2.09. The molecule has 3 N–H and O–H groups in total. The molecule has 0 saturated heterocycles. The van der Waals surface area contributed by atoms with Crippen molar-refractivity contribution in [2.75, 3.05) is 0 Å². The second-order valence-electron chi connectivity index (χ2n) is 6.32. The van der Waals surface area contributed by atoms with Gasteiger partial charge in [0.25, 0.3) is 15.6 Å². The number of hydrogen-bond acceptors (Lipinski definition) is 4. The number of benzene rings is 2. The van der Waals surface area contributed by atoms with Gasteiger partial charge in [0.15, 0.2) is 0 Å². The van der Waals surface area contributed by atoms with Crippen LogP contribution in [-0.2, 0) is 16.6 Å². The standard InChI is InChI=1S/C19H19N3O4S/c1-12-3-6-16(7-4-12)27(25,26)22-19(24)20-11-15-10-14-9-13(2)5-8-17(14)21-18(15)23/h3-10H,11H2,1-2H3,(H,21,23)(H2,20,22,24). The molecule has 0 aliphatic heterocycles. The number of pyridine rings is 1. The van der Waals surface area contributed by atoms with Crippen LogP contribution in [0.5, 0.6) is 0 Å². The first-order chi connectivity index (χ1) is 12.7. The molecule has 140 valence electrons. The van der Waals surface area contributed by atoms with E-state index in [0.29, 0.717) is 11.1 Å². The summed E-state index contributed by atoms with van der Waals surface area (Å²) in [7, 11) is -3.98. The zero-order valence-corrected chi connectivity index (χ0v) is 15.7. The molecular formula is C19H19N3O4S. The molecule has 0 aliphatic carbocycles. The highest BCUT2D eigenvalue weighted by molar-refractivity contribution is 7.90. The van der Waals surface area contributed by atoms with Gasteiger partial charge in [0.05, 0.1) is 11.4 Å². The molecule has 3 rings (SSSR count). The lowest BCUT2D eigenvalue weighted by Crippen LogP contribution is -2.39. The van der Waals surface area contributed by atoms with E-state index >= 15 is 0 Å². The molecule has 0 radical (unpaired) electrons. The third-order valence-corrected chi connectivity index (χ3v) is 5.42. The molecule has 0 fully saturated rings. The number of H-pyrrole nitrogens is 1. The molecule has 2 aromatic carbocycles. The molecule has 1 aromatic heterocycles. The van der Waals surface area contributed by atoms with Gasteiger partial charge < -0.3 is 10.3 Å². The van der Waals surface area contributed by atoms with E-state index in [1.54, 1.807) is 18.2 Å². The van der Waals surface area contributed by atoms with Crippen molar-refractivity contribution in [3.63, 3.8) is 0 Å². The third kappa shape index (κ3) is 4.35. The molecule has 7 nitrogen and oxygen atoms in total. The second kappa shape index (κ2) is 7.24. The average molecular weight is 385 g/mol. The van der Waals surface area contributed by atoms with Crippen molar-refractivity contribution in [2.24, 2.45) is 0 Å². The molecule has 8 heteroatoms. The van der Waals surface area contributed by atoms with Gasteiger partial charge in [0.2, 0.25) is 0 Å². The molecule has 3 aromatic rings. The van der Waals surface area contributed by atoms with Gasteiger partial charge in [0, 0.05) is 11.1 Å². The van der Waals surface area contributed by atoms with E-state index in [0.717, 1.165) is 16.5 Å². The number of aryl methyl sites for hydroxylation is 2. The van der Waals surface area contributed by atoms with Crippen LogP contribution in [-0.4, -0.2) is 19.4 Å². The summed E-state index contributed by atoms with van der Waals surface area (Å²) in [5, 5.41) is 3.24. The fourth-order valence-corrected chi connectivity index (χ4v) is 3.54. The molecule has 0 unspecified atom stereocenters. The Balaban J connectivity index is 1.72. The Morgan fingerprint density at radius 3 is 2.37 bits per heavy atom. The van der Waals surface area contributed by atoms with E-state index in [-0.39, 0.29) is 17.0 Å². The molecule has 27 heavy (non-hydrogen) atoms. The van der Waals surface area contributed by atoms with Crippen molar-refractivity contribution in [1.29, 1.82) is 0 Å². The summed E-state index contributed by atoms with van der Waals surface area (Å²) in [6.07, 6.45) is 0. The average Bonchev–Trinajstić information content (AvgIpc) is 2.60. The first-order valence-electron chi connectivity index (χ1n) is 8.24. The number of carbonyl (C=O) groups excluding carboxylic acids is 1. The van der Waals surface area contributed by atoms with Crippen molar-refractivity contribution < 1.29 is 13.2 Å². The number of aromatic amines is 1. The van der Waals surface area contributed by atoms with E-state index in [1.807, 2.05) is 36.8 Å². The van der Waals surface area contributed by atoms with Gasteiger partial charge in [-0.25, -0.2) is 17.9 Å². The van der Waals surface area contributed by atoms with Gasteiger partial charge in [-0.1, -0.05) is 29.3 Å². The van der Waals surface area contributed by atoms with Crippen LogP contribution in [0.1, 0.15) is 16.7 Å². The van der Waals surface area contributed by atoms with Crippen LogP contribution >= 0.6 is 0 Å². The minimum atomic E-state index is -3.98. The lowest BCUT2D eigenvalue weighted by atomic mass is 10.1. The van der Waals surface area contributed by atoms with Crippen LogP contribution in [0.3, 0.4) is 0 Å². The summed E-state index contributed by atoms with van der Waals surface area (Å²) in [6.45, 7) is 3.67. The lowest BCUT2D eigenvalue weighted by molar-refractivity contribution is 0.245. The Labute approximate surface area is 156 Å². The Hall–Kier alpha value is -3.13. The highest BCUT2D eigenvalue weighted by Gasteiger charge is 2.17. The minimum absolute atomic E-state index is 0.0118. The summed E-state index contributed by atoms with van der Waals surface area (Å²) >= 11 is 0. The fourth-order valence-electron chi connectivity index (χ4n) is 2.61. The maximum absolute atomic E-state index is 12.2. The summed E-state index contributed by atoms with van der Waals surface area (Å²) < 4.78 is 26.3. The predicted molar refractivity (Wildman–Crippen MR) is 103 cm³/mol. The van der Waals surface area contributed by atoms with Crippen LogP contribution in [0.15, 0.2) is 58.2 Å². The number of rotatable bonds is 4. The number of urea groups is 1. The van der Waals surface area contributed by atoms with Crippen molar-refractivity contribution in [2.45, 2.75) is 25.3 Å². The zero-order chi connectivity index (χ0) is 19.6. The van der Waals surface area contributed by atoms with Crippen molar-refractivity contribution in [3.8, 4) is 0 Å². The minimum Gasteiger partial charge on any atom is -0.333 e. The molecule has 0 bridgehead atoms. The number of amides is 2. The normalized spacial score (nSPS) is 11.3. The maximum Gasteiger partial charge on any atom is 0.328 e. The summed E-state index contributed by atoms with van der Waals surface area (Å²) in [5.74, 6) is 0. The smallest absolute Gasteiger partial charge is 0.328 e. The van der Waals surface area contributed by atoms with E-state index in [1.165, 1.54) is 12.1 Å². The molecular weight excluding hydrogens is 366 g/mol. The number of nitrogens with one attached hydrogen (secondary N) is 3. The molecule has 0 saturated carbocycles. The fraction of sp³-hybridized carbons (Fsp3) is 0.158. The largest absolute Gasteiger partial charge is 0.333 e. The Bertz CT molecular complexity index is 1170. The van der Waals surface area contributed by atoms with Crippen molar-refractivity contribution in [1.82, 2.24) is 15.0 Å². The van der Waals surface area contributed by atoms with Crippen LogP contribution in [0.2, 0.25) is 0 Å². The van der Waals surface area contributed by atoms with Crippen LogP contribution < -0.4 is 15.6 Å². The van der Waals surface area contributed by atoms with Crippen LogP contribution in [0.4, 0.5) is 4.79 Å². The first kappa shape index (κ1) is 18.7. The molecule has 2 amide bonds. The van der Waals surface area contributed by atoms with Crippen LogP contribution in [0.25, 0.3) is 10.9 Å². The number of hydrogen-bond donors (Lipinski definition) is 3. The SMILES string of the molecule is Cc1ccc(S(=O)(=O)NC(=O)NCc2cc3cc(C)ccc3[nH]c2=O)cc1. The molecule has 0 spiro atoms. The van der Waals surface area contributed by atoms with E-state index in [4.69, 9.17) is 0 Å². The van der Waals surface area contributed by atoms with Gasteiger partial charge >= 0.3 is 6.03 Å². The second-order valence-corrected chi connectivity index (χ2v) is 8.00. The summed E-state index contributed by atoms with van der Waals surface area (Å²) in [6, 6.07) is 12.5. The topological polar surface area (TPSA) is 108 Å². The van der Waals surface area contributed by atoms with Crippen molar-refractivity contribution in [3.05, 3.63) is 75.6 Å². The summed E-state index contributed by atoms with van der Waals surface area (Å²) in [5.41, 5.74) is 2.63. The van der Waals surface area contributed by atoms with E-state index in [2.05, 4.69) is 10.3 Å². The number of fused-ring (bicyclic) bond motifs is 1. The van der Waals surface area contributed by atoms with Gasteiger partial charge in [-0.2, -0.15) is 0 Å². The summed E-state index contributed by atoms with van der Waals surface area (Å²) in [4.78, 5) is 26.8. The monoisotopic (exact) mass is 385 g/mol. The highest BCUT2D eigenvalue weighted by Crippen LogP contribution is 2.13. The van der Waals surface area contributed by atoms with Crippen LogP contribution in [0, 0.1) is 13.8 Å². The van der Waals surface area contributed by atoms with Crippen molar-refractivity contribution >= 4 is 27.0 Å². The number of aromatic nitrogens is 1.